The van der Waals surface area contributed by atoms with E-state index >= 15 is 0 Å². The third kappa shape index (κ3) is 5.95. The van der Waals surface area contributed by atoms with Crippen LogP contribution in [0.15, 0.2) is 72.8 Å². The summed E-state index contributed by atoms with van der Waals surface area (Å²) < 4.78 is 10.7. The second-order valence-corrected chi connectivity index (χ2v) is 7.45. The van der Waals surface area contributed by atoms with Gasteiger partial charge in [-0.2, -0.15) is 0 Å². The largest absolute Gasteiger partial charge is 0.489 e. The summed E-state index contributed by atoms with van der Waals surface area (Å²) in [6, 6.07) is 22.4. The predicted molar refractivity (Wildman–Crippen MR) is 121 cm³/mol. The molecule has 0 spiro atoms. The molecule has 1 atom stereocenters. The topological polar surface area (TPSA) is 78.6 Å². The van der Waals surface area contributed by atoms with Crippen molar-refractivity contribution in [3.8, 4) is 5.75 Å². The van der Waals surface area contributed by atoms with Crippen LogP contribution in [0.2, 0.25) is 0 Å². The van der Waals surface area contributed by atoms with Gasteiger partial charge in [0, 0.05) is 23.6 Å². The van der Waals surface area contributed by atoms with Gasteiger partial charge in [0.05, 0.1) is 7.11 Å². The van der Waals surface area contributed by atoms with Crippen LogP contribution in [0.3, 0.4) is 0 Å². The van der Waals surface area contributed by atoms with E-state index in [-0.39, 0.29) is 18.2 Å². The summed E-state index contributed by atoms with van der Waals surface area (Å²) in [5.74, 6) is -0.215. The minimum absolute atomic E-state index is 0.0485. The second kappa shape index (κ2) is 10.4. The number of methoxy groups -OCH3 is 1. The second-order valence-electron chi connectivity index (χ2n) is 7.45. The molecular weight excluding hydrogens is 390 g/mol. The monoisotopic (exact) mass is 417 g/mol. The van der Waals surface area contributed by atoms with E-state index in [9.17, 15) is 9.59 Å². The average molecular weight is 418 g/mol. The minimum atomic E-state index is -0.440. The number of nitrogens with two attached hydrogens (primary N) is 1. The first-order chi connectivity index (χ1) is 15.0. The molecule has 0 saturated carbocycles. The molecule has 0 fully saturated rings. The van der Waals surface area contributed by atoms with Crippen LogP contribution in [0.1, 0.15) is 45.8 Å². The van der Waals surface area contributed by atoms with E-state index in [1.54, 1.807) is 18.2 Å². The first-order valence-corrected chi connectivity index (χ1v) is 10.2. The molecule has 1 unspecified atom stereocenters. The number of benzene rings is 3. The van der Waals surface area contributed by atoms with Crippen molar-refractivity contribution in [1.29, 1.82) is 0 Å². The van der Waals surface area contributed by atoms with Gasteiger partial charge in [0.2, 0.25) is 0 Å². The smallest absolute Gasteiger partial charge is 0.305 e. The maximum atomic E-state index is 13.4. The molecule has 0 heterocycles. The number of aryl methyl sites for hydroxylation is 1. The van der Waals surface area contributed by atoms with Crippen molar-refractivity contribution >= 4 is 17.4 Å². The zero-order chi connectivity index (χ0) is 22.2. The summed E-state index contributed by atoms with van der Waals surface area (Å²) >= 11 is 0. The van der Waals surface area contributed by atoms with E-state index < -0.39 is 5.92 Å². The molecule has 3 rings (SSSR count). The summed E-state index contributed by atoms with van der Waals surface area (Å²) in [7, 11) is 1.36. The maximum absolute atomic E-state index is 13.4. The van der Waals surface area contributed by atoms with E-state index in [1.165, 1.54) is 7.11 Å². The van der Waals surface area contributed by atoms with Crippen LogP contribution in [0, 0.1) is 6.92 Å². The highest BCUT2D eigenvalue weighted by atomic mass is 16.5. The number of ketones is 1. The third-order valence-electron chi connectivity index (χ3n) is 5.22. The Kier molecular flexibility index (Phi) is 7.44. The zero-order valence-electron chi connectivity index (χ0n) is 17.8. The highest BCUT2D eigenvalue weighted by molar-refractivity contribution is 6.01. The fourth-order valence-electron chi connectivity index (χ4n) is 3.56. The molecule has 160 valence electrons. The molecule has 0 aliphatic carbocycles. The lowest BCUT2D eigenvalue weighted by Crippen LogP contribution is -2.16. The van der Waals surface area contributed by atoms with Crippen LogP contribution < -0.4 is 10.5 Å². The summed E-state index contributed by atoms with van der Waals surface area (Å²) in [6.45, 7) is 2.32. The number of ether oxygens (including phenoxy) is 2. The molecule has 0 bridgehead atoms. The Labute approximate surface area is 182 Å². The Morgan fingerprint density at radius 3 is 2.48 bits per heavy atom. The highest BCUT2D eigenvalue weighted by Gasteiger charge is 2.24. The number of Topliss-reactive ketones (excluding diaryl/α,β-unsaturated/α-hetero) is 1. The molecule has 0 aromatic heterocycles. The van der Waals surface area contributed by atoms with E-state index in [1.807, 2.05) is 61.5 Å². The maximum Gasteiger partial charge on any atom is 0.305 e. The Hall–Kier alpha value is -3.60. The van der Waals surface area contributed by atoms with Crippen LogP contribution >= 0.6 is 0 Å². The molecular formula is C26H27NO4. The molecule has 0 radical (unpaired) electrons. The van der Waals surface area contributed by atoms with Gasteiger partial charge in [-0.1, -0.05) is 48.5 Å². The number of nitrogen functional groups attached to an aromatic ring is 1. The van der Waals surface area contributed by atoms with E-state index in [0.717, 1.165) is 16.7 Å². The number of hydrogen-bond acceptors (Lipinski definition) is 5. The van der Waals surface area contributed by atoms with E-state index in [4.69, 9.17) is 15.2 Å². The van der Waals surface area contributed by atoms with Crippen molar-refractivity contribution in [3.63, 3.8) is 0 Å². The van der Waals surface area contributed by atoms with E-state index in [0.29, 0.717) is 30.0 Å². The summed E-state index contributed by atoms with van der Waals surface area (Å²) in [4.78, 5) is 25.2. The quantitative estimate of drug-likeness (QED) is 0.299. The van der Waals surface area contributed by atoms with Crippen molar-refractivity contribution in [2.75, 3.05) is 12.8 Å². The number of esters is 1. The minimum Gasteiger partial charge on any atom is -0.489 e. The molecule has 2 N–H and O–H groups in total. The number of hydrogen-bond donors (Lipinski definition) is 1. The molecule has 5 heteroatoms. The molecule has 3 aromatic rings. The molecule has 0 aliphatic heterocycles. The van der Waals surface area contributed by atoms with Gasteiger partial charge in [-0.25, -0.2) is 0 Å². The lowest BCUT2D eigenvalue weighted by molar-refractivity contribution is -0.140. The molecule has 0 amide bonds. The van der Waals surface area contributed by atoms with Gasteiger partial charge in [0.1, 0.15) is 12.4 Å². The van der Waals surface area contributed by atoms with Crippen LogP contribution in [0.5, 0.6) is 5.75 Å². The fraction of sp³-hybridized carbons (Fsp3) is 0.231. The molecule has 0 aliphatic rings. The standard InChI is InChI=1S/C26H27NO4/c1-18-7-3-4-12-23(18)24(13-14-25(28)30-2)26(29)20-9-6-11-22(16-20)31-17-19-8-5-10-21(27)15-19/h3-12,15-16,24H,13-14,17,27H2,1-2H3. The van der Waals surface area contributed by atoms with Crippen molar-refractivity contribution < 1.29 is 19.1 Å². The zero-order valence-corrected chi connectivity index (χ0v) is 17.8. The lowest BCUT2D eigenvalue weighted by atomic mass is 9.85. The highest BCUT2D eigenvalue weighted by Crippen LogP contribution is 2.30. The van der Waals surface area contributed by atoms with Gasteiger partial charge in [0.15, 0.2) is 5.78 Å². The van der Waals surface area contributed by atoms with E-state index in [2.05, 4.69) is 0 Å². The van der Waals surface area contributed by atoms with Gasteiger partial charge >= 0.3 is 5.97 Å². The van der Waals surface area contributed by atoms with Crippen molar-refractivity contribution in [3.05, 3.63) is 95.1 Å². The Bertz CT molecular complexity index is 1060. The Morgan fingerprint density at radius 1 is 0.968 bits per heavy atom. The summed E-state index contributed by atoms with van der Waals surface area (Å²) in [6.07, 6.45) is 0.553. The predicted octanol–water partition coefficient (Wildman–Crippen LogP) is 5.08. The normalized spacial score (nSPS) is 11.5. The number of carbonyl (C=O) groups excluding carboxylic acids is 2. The lowest BCUT2D eigenvalue weighted by Gasteiger charge is -2.18. The van der Waals surface area contributed by atoms with Gasteiger partial charge in [-0.05, 0) is 54.3 Å². The summed E-state index contributed by atoms with van der Waals surface area (Å²) in [5.41, 5.74) is 9.93. The molecule has 5 nitrogen and oxygen atoms in total. The van der Waals surface area contributed by atoms with Gasteiger partial charge in [0.25, 0.3) is 0 Å². The average Bonchev–Trinajstić information content (AvgIpc) is 2.78. The molecule has 0 saturated heterocycles. The van der Waals surface area contributed by atoms with Crippen LogP contribution in [-0.4, -0.2) is 18.9 Å². The number of carbonyl (C=O) groups is 2. The van der Waals surface area contributed by atoms with Gasteiger partial charge in [-0.3, -0.25) is 9.59 Å². The van der Waals surface area contributed by atoms with Gasteiger partial charge in [-0.15, -0.1) is 0 Å². The first-order valence-electron chi connectivity index (χ1n) is 10.2. The fourth-order valence-corrected chi connectivity index (χ4v) is 3.56. The van der Waals surface area contributed by atoms with Crippen LogP contribution in [-0.2, 0) is 16.1 Å². The van der Waals surface area contributed by atoms with Gasteiger partial charge < -0.3 is 15.2 Å². The Balaban J connectivity index is 1.81. The number of rotatable bonds is 9. The molecule has 3 aromatic carbocycles. The third-order valence-corrected chi connectivity index (χ3v) is 5.22. The van der Waals surface area contributed by atoms with Crippen molar-refractivity contribution in [2.24, 2.45) is 0 Å². The van der Waals surface area contributed by atoms with Crippen molar-refractivity contribution in [1.82, 2.24) is 0 Å². The molecule has 31 heavy (non-hydrogen) atoms. The van der Waals surface area contributed by atoms with Crippen LogP contribution in [0.25, 0.3) is 0 Å². The first kappa shape index (κ1) is 22.1. The number of anilines is 1. The SMILES string of the molecule is COC(=O)CCC(C(=O)c1cccc(OCc2cccc(N)c2)c1)c1ccccc1C. The Morgan fingerprint density at radius 2 is 1.74 bits per heavy atom. The summed E-state index contributed by atoms with van der Waals surface area (Å²) in [5, 5.41) is 0. The van der Waals surface area contributed by atoms with Crippen molar-refractivity contribution in [2.45, 2.75) is 32.3 Å². The van der Waals surface area contributed by atoms with Crippen LogP contribution in [0.4, 0.5) is 5.69 Å².